The lowest BCUT2D eigenvalue weighted by Gasteiger charge is -2.12. The molecule has 0 aromatic heterocycles. The molecule has 2 rings (SSSR count). The van der Waals surface area contributed by atoms with E-state index in [9.17, 15) is 8.42 Å². The number of hydrogen-bond acceptors (Lipinski definition) is 2. The van der Waals surface area contributed by atoms with Crippen molar-refractivity contribution in [1.29, 1.82) is 0 Å². The number of sulfonamides is 1. The van der Waals surface area contributed by atoms with E-state index in [2.05, 4.69) is 10.6 Å². The van der Waals surface area contributed by atoms with E-state index in [0.717, 1.165) is 23.1 Å². The minimum absolute atomic E-state index is 0.0802. The Morgan fingerprint density at radius 3 is 2.04 bits per heavy atom. The summed E-state index contributed by atoms with van der Waals surface area (Å²) in [6.07, 6.45) is 6.66. The van der Waals surface area contributed by atoms with Gasteiger partial charge in [-0.2, -0.15) is 0 Å². The van der Waals surface area contributed by atoms with E-state index in [-0.39, 0.29) is 10.9 Å². The fraction of sp³-hybridized carbons (Fsp3) is 0.263. The summed E-state index contributed by atoms with van der Waals surface area (Å²) >= 11 is 0. The molecule has 0 saturated heterocycles. The number of benzene rings is 2. The Morgan fingerprint density at radius 2 is 1.57 bits per heavy atom. The second-order valence-electron chi connectivity index (χ2n) is 5.53. The third-order valence-corrected chi connectivity index (χ3v) is 5.33. The first kappa shape index (κ1) is 17.3. The van der Waals surface area contributed by atoms with Crippen LogP contribution < -0.4 is 4.72 Å². The van der Waals surface area contributed by atoms with Crippen LogP contribution in [0.3, 0.4) is 0 Å². The maximum Gasteiger partial charge on any atom is 0.240 e. The van der Waals surface area contributed by atoms with E-state index in [0.29, 0.717) is 6.42 Å². The first-order valence-corrected chi connectivity index (χ1v) is 9.09. The molecule has 1 atom stereocenters. The summed E-state index contributed by atoms with van der Waals surface area (Å²) in [7, 11) is -3.46. The lowest BCUT2D eigenvalue weighted by Crippen LogP contribution is -2.31. The second kappa shape index (κ2) is 7.45. The zero-order valence-electron chi connectivity index (χ0n) is 13.4. The molecule has 1 N–H and O–H groups in total. The lowest BCUT2D eigenvalue weighted by molar-refractivity contribution is 0.556. The van der Waals surface area contributed by atoms with Crippen LogP contribution in [-0.4, -0.2) is 14.5 Å². The summed E-state index contributed by atoms with van der Waals surface area (Å²) in [5.74, 6) is 2.61. The van der Waals surface area contributed by atoms with Gasteiger partial charge in [0, 0.05) is 12.5 Å². The van der Waals surface area contributed by atoms with Gasteiger partial charge in [0.05, 0.1) is 4.90 Å². The molecule has 0 aliphatic carbocycles. The Balaban J connectivity index is 2.21. The molecule has 0 aliphatic rings. The average Bonchev–Trinajstić information content (AvgIpc) is 2.55. The van der Waals surface area contributed by atoms with Crippen molar-refractivity contribution >= 4 is 10.0 Å². The van der Waals surface area contributed by atoms with Crippen LogP contribution in [0.1, 0.15) is 25.8 Å². The van der Waals surface area contributed by atoms with Crippen molar-refractivity contribution in [2.75, 3.05) is 0 Å². The van der Waals surface area contributed by atoms with Gasteiger partial charge in [0.1, 0.15) is 0 Å². The van der Waals surface area contributed by atoms with Crippen LogP contribution in [0, 0.1) is 12.3 Å². The fourth-order valence-electron chi connectivity index (χ4n) is 2.18. The molecule has 0 fully saturated rings. The standard InChI is InChI=1S/C19H21NO2S/c1-4-6-16-7-9-17(10-8-16)18-11-13-19(14-12-18)23(21,22)20-15(3)5-2/h1,7-15,20H,5-6H2,2-3H3. The van der Waals surface area contributed by atoms with Gasteiger partial charge in [0.2, 0.25) is 10.0 Å². The smallest absolute Gasteiger partial charge is 0.208 e. The zero-order chi connectivity index (χ0) is 16.9. The Hall–Kier alpha value is -2.09. The number of hydrogen-bond donors (Lipinski definition) is 1. The molecule has 0 amide bonds. The third kappa shape index (κ3) is 4.44. The molecule has 0 aliphatic heterocycles. The van der Waals surface area contributed by atoms with Crippen LogP contribution in [0.2, 0.25) is 0 Å². The quantitative estimate of drug-likeness (QED) is 0.824. The molecule has 1 unspecified atom stereocenters. The van der Waals surface area contributed by atoms with Crippen LogP contribution >= 0.6 is 0 Å². The van der Waals surface area contributed by atoms with E-state index in [1.165, 1.54) is 0 Å². The predicted octanol–water partition coefficient (Wildman–Crippen LogP) is 3.61. The van der Waals surface area contributed by atoms with Gasteiger partial charge in [-0.05, 0) is 42.2 Å². The third-order valence-electron chi connectivity index (χ3n) is 3.73. The fourth-order valence-corrected chi connectivity index (χ4v) is 3.50. The summed E-state index contributed by atoms with van der Waals surface area (Å²) in [6, 6.07) is 14.8. The maximum absolute atomic E-state index is 12.2. The molecule has 0 heterocycles. The summed E-state index contributed by atoms with van der Waals surface area (Å²) in [5, 5.41) is 0. The van der Waals surface area contributed by atoms with Crippen molar-refractivity contribution < 1.29 is 8.42 Å². The van der Waals surface area contributed by atoms with Gasteiger partial charge in [-0.3, -0.25) is 0 Å². The van der Waals surface area contributed by atoms with E-state index in [4.69, 9.17) is 6.42 Å². The van der Waals surface area contributed by atoms with Gasteiger partial charge < -0.3 is 0 Å². The van der Waals surface area contributed by atoms with Crippen molar-refractivity contribution in [2.24, 2.45) is 0 Å². The topological polar surface area (TPSA) is 46.2 Å². The first-order valence-electron chi connectivity index (χ1n) is 7.61. The van der Waals surface area contributed by atoms with Gasteiger partial charge in [0.15, 0.2) is 0 Å². The normalized spacial score (nSPS) is 12.6. The largest absolute Gasteiger partial charge is 0.240 e. The predicted molar refractivity (Wildman–Crippen MR) is 94.5 cm³/mol. The van der Waals surface area contributed by atoms with Crippen molar-refractivity contribution in [3.8, 4) is 23.5 Å². The molecule has 0 spiro atoms. The Morgan fingerprint density at radius 1 is 1.04 bits per heavy atom. The SMILES string of the molecule is C#CCc1ccc(-c2ccc(S(=O)(=O)NC(C)CC)cc2)cc1. The zero-order valence-corrected chi connectivity index (χ0v) is 14.2. The molecule has 0 bridgehead atoms. The molecular formula is C19H21NO2S. The van der Waals surface area contributed by atoms with E-state index < -0.39 is 10.0 Å². The Kier molecular flexibility index (Phi) is 5.59. The molecule has 2 aromatic carbocycles. The highest BCUT2D eigenvalue weighted by Gasteiger charge is 2.16. The second-order valence-corrected chi connectivity index (χ2v) is 7.25. The first-order chi connectivity index (χ1) is 11.0. The lowest BCUT2D eigenvalue weighted by atomic mass is 10.0. The summed E-state index contributed by atoms with van der Waals surface area (Å²) < 4.78 is 27.1. The van der Waals surface area contributed by atoms with Gasteiger partial charge >= 0.3 is 0 Å². The van der Waals surface area contributed by atoms with E-state index >= 15 is 0 Å². The van der Waals surface area contributed by atoms with Crippen LogP contribution in [0.5, 0.6) is 0 Å². The molecule has 0 saturated carbocycles. The van der Waals surface area contributed by atoms with Crippen LogP contribution in [0.4, 0.5) is 0 Å². The molecular weight excluding hydrogens is 306 g/mol. The highest BCUT2D eigenvalue weighted by Crippen LogP contribution is 2.22. The summed E-state index contributed by atoms with van der Waals surface area (Å²) in [4.78, 5) is 0.283. The average molecular weight is 327 g/mol. The molecule has 4 heteroatoms. The van der Waals surface area contributed by atoms with Crippen LogP contribution in [0.15, 0.2) is 53.4 Å². The van der Waals surface area contributed by atoms with Crippen molar-refractivity contribution in [3.63, 3.8) is 0 Å². The van der Waals surface area contributed by atoms with Gasteiger partial charge in [-0.1, -0.05) is 43.3 Å². The Labute approximate surface area is 138 Å². The van der Waals surface area contributed by atoms with Crippen molar-refractivity contribution in [3.05, 3.63) is 54.1 Å². The van der Waals surface area contributed by atoms with Crippen molar-refractivity contribution in [1.82, 2.24) is 4.72 Å². The summed E-state index contributed by atoms with van der Waals surface area (Å²) in [5.41, 5.74) is 3.09. The minimum atomic E-state index is -3.46. The molecule has 23 heavy (non-hydrogen) atoms. The van der Waals surface area contributed by atoms with Gasteiger partial charge in [-0.25, -0.2) is 13.1 Å². The highest BCUT2D eigenvalue weighted by molar-refractivity contribution is 7.89. The summed E-state index contributed by atoms with van der Waals surface area (Å²) in [6.45, 7) is 3.80. The Bertz CT molecular complexity index is 785. The molecule has 120 valence electrons. The number of terminal acetylenes is 1. The van der Waals surface area contributed by atoms with Gasteiger partial charge in [0.25, 0.3) is 0 Å². The van der Waals surface area contributed by atoms with Crippen LogP contribution in [-0.2, 0) is 16.4 Å². The van der Waals surface area contributed by atoms with Gasteiger partial charge in [-0.15, -0.1) is 12.3 Å². The molecule has 2 aromatic rings. The van der Waals surface area contributed by atoms with Crippen LogP contribution in [0.25, 0.3) is 11.1 Å². The number of rotatable bonds is 6. The van der Waals surface area contributed by atoms with Crippen molar-refractivity contribution in [2.45, 2.75) is 37.6 Å². The van der Waals surface area contributed by atoms with E-state index in [1.807, 2.05) is 50.2 Å². The highest BCUT2D eigenvalue weighted by atomic mass is 32.2. The maximum atomic E-state index is 12.2. The van der Waals surface area contributed by atoms with E-state index in [1.54, 1.807) is 12.1 Å². The number of nitrogens with one attached hydrogen (secondary N) is 1. The molecule has 0 radical (unpaired) electrons. The minimum Gasteiger partial charge on any atom is -0.208 e. The molecule has 3 nitrogen and oxygen atoms in total. The monoisotopic (exact) mass is 327 g/mol.